The third-order valence-corrected chi connectivity index (χ3v) is 5.20. The normalized spacial score (nSPS) is 25.7. The van der Waals surface area contributed by atoms with E-state index in [9.17, 15) is 5.11 Å². The van der Waals surface area contributed by atoms with Crippen LogP contribution in [0, 0.1) is 5.41 Å². The zero-order valence-electron chi connectivity index (χ0n) is 11.4. The Balaban J connectivity index is 1.63. The molecule has 0 bridgehead atoms. The summed E-state index contributed by atoms with van der Waals surface area (Å²) in [6, 6.07) is 0. The van der Waals surface area contributed by atoms with E-state index in [4.69, 9.17) is 0 Å². The second-order valence-corrected chi connectivity index (χ2v) is 6.63. The Bertz CT molecular complexity index is 408. The van der Waals surface area contributed by atoms with Crippen molar-refractivity contribution in [2.75, 3.05) is 0 Å². The number of aromatic nitrogens is 2. The molecule has 0 aromatic carbocycles. The van der Waals surface area contributed by atoms with Crippen molar-refractivity contribution in [2.45, 2.75) is 63.4 Å². The van der Waals surface area contributed by atoms with Crippen LogP contribution in [0.3, 0.4) is 0 Å². The van der Waals surface area contributed by atoms with Crippen molar-refractivity contribution in [1.82, 2.24) is 9.78 Å². The standard InChI is InChI=1S/C15H24N2O/c1-17-12-13(11-16-17)10-15(18)8-6-14(7-9-15)4-2-3-5-14/h11-12,18H,2-10H2,1H3. The van der Waals surface area contributed by atoms with E-state index in [-0.39, 0.29) is 0 Å². The van der Waals surface area contributed by atoms with Crippen LogP contribution in [0.4, 0.5) is 0 Å². The molecule has 2 fully saturated rings. The number of rotatable bonds is 2. The average Bonchev–Trinajstić information content (AvgIpc) is 2.94. The molecule has 0 radical (unpaired) electrons. The van der Waals surface area contributed by atoms with Gasteiger partial charge in [-0.25, -0.2) is 0 Å². The van der Waals surface area contributed by atoms with E-state index in [1.165, 1.54) is 44.1 Å². The molecule has 0 saturated heterocycles. The lowest BCUT2D eigenvalue weighted by Gasteiger charge is -2.42. The molecule has 3 heteroatoms. The highest BCUT2D eigenvalue weighted by Gasteiger charge is 2.42. The Labute approximate surface area is 109 Å². The van der Waals surface area contributed by atoms with Gasteiger partial charge in [-0.05, 0) is 49.5 Å². The fourth-order valence-corrected chi connectivity index (χ4v) is 3.99. The lowest BCUT2D eigenvalue weighted by Crippen LogP contribution is -2.39. The van der Waals surface area contributed by atoms with E-state index in [0.717, 1.165) is 19.3 Å². The van der Waals surface area contributed by atoms with Crippen LogP contribution in [0.2, 0.25) is 0 Å². The summed E-state index contributed by atoms with van der Waals surface area (Å²) in [5, 5.41) is 14.9. The molecule has 0 unspecified atom stereocenters. The van der Waals surface area contributed by atoms with Crippen LogP contribution in [0.25, 0.3) is 0 Å². The van der Waals surface area contributed by atoms with Crippen molar-refractivity contribution in [3.05, 3.63) is 18.0 Å². The van der Waals surface area contributed by atoms with Gasteiger partial charge in [-0.3, -0.25) is 4.68 Å². The molecule has 100 valence electrons. The van der Waals surface area contributed by atoms with Crippen molar-refractivity contribution in [2.24, 2.45) is 12.5 Å². The van der Waals surface area contributed by atoms with Crippen LogP contribution >= 0.6 is 0 Å². The highest BCUT2D eigenvalue weighted by atomic mass is 16.3. The van der Waals surface area contributed by atoms with E-state index >= 15 is 0 Å². The van der Waals surface area contributed by atoms with E-state index in [1.54, 1.807) is 0 Å². The first kappa shape index (κ1) is 12.2. The van der Waals surface area contributed by atoms with Gasteiger partial charge in [0.05, 0.1) is 11.8 Å². The van der Waals surface area contributed by atoms with E-state index in [2.05, 4.69) is 5.10 Å². The lowest BCUT2D eigenvalue weighted by atomic mass is 9.66. The van der Waals surface area contributed by atoms with Gasteiger partial charge < -0.3 is 5.11 Å². The molecular formula is C15H24N2O. The van der Waals surface area contributed by atoms with Crippen molar-refractivity contribution < 1.29 is 5.11 Å². The SMILES string of the molecule is Cn1cc(CC2(O)CCC3(CCCC3)CC2)cn1. The van der Waals surface area contributed by atoms with Gasteiger partial charge >= 0.3 is 0 Å². The van der Waals surface area contributed by atoms with Crippen molar-refractivity contribution >= 4 is 0 Å². The summed E-state index contributed by atoms with van der Waals surface area (Å²) >= 11 is 0. The first-order valence-electron chi connectivity index (χ1n) is 7.29. The zero-order valence-corrected chi connectivity index (χ0v) is 11.4. The summed E-state index contributed by atoms with van der Waals surface area (Å²) in [6.07, 6.45) is 14.7. The van der Waals surface area contributed by atoms with Gasteiger partial charge in [-0.15, -0.1) is 0 Å². The Morgan fingerprint density at radius 3 is 2.39 bits per heavy atom. The largest absolute Gasteiger partial charge is 0.390 e. The van der Waals surface area contributed by atoms with Crippen molar-refractivity contribution in [3.8, 4) is 0 Å². The summed E-state index contributed by atoms with van der Waals surface area (Å²) < 4.78 is 1.82. The molecule has 1 heterocycles. The molecule has 1 spiro atoms. The van der Waals surface area contributed by atoms with Gasteiger partial charge in [0, 0.05) is 19.7 Å². The quantitative estimate of drug-likeness (QED) is 0.874. The zero-order chi connectivity index (χ0) is 12.6. The van der Waals surface area contributed by atoms with E-state index in [1.807, 2.05) is 24.1 Å². The Hall–Kier alpha value is -0.830. The molecule has 1 aromatic rings. The molecule has 1 N–H and O–H groups in total. The highest BCUT2D eigenvalue weighted by Crippen LogP contribution is 2.51. The lowest BCUT2D eigenvalue weighted by molar-refractivity contribution is -0.0322. The Morgan fingerprint density at radius 2 is 1.83 bits per heavy atom. The number of aryl methyl sites for hydroxylation is 1. The van der Waals surface area contributed by atoms with Gasteiger partial charge in [-0.2, -0.15) is 5.10 Å². The second-order valence-electron chi connectivity index (χ2n) is 6.63. The van der Waals surface area contributed by atoms with Gasteiger partial charge in [0.2, 0.25) is 0 Å². The number of hydrogen-bond donors (Lipinski definition) is 1. The highest BCUT2D eigenvalue weighted by molar-refractivity contribution is 5.10. The average molecular weight is 248 g/mol. The predicted molar refractivity (Wildman–Crippen MR) is 71.2 cm³/mol. The third kappa shape index (κ3) is 2.33. The minimum Gasteiger partial charge on any atom is -0.390 e. The van der Waals surface area contributed by atoms with Gasteiger partial charge in [0.25, 0.3) is 0 Å². The maximum atomic E-state index is 10.7. The predicted octanol–water partition coefficient (Wildman–Crippen LogP) is 2.83. The molecule has 0 amide bonds. The number of aliphatic hydroxyl groups is 1. The van der Waals surface area contributed by atoms with Gasteiger partial charge in [-0.1, -0.05) is 12.8 Å². The van der Waals surface area contributed by atoms with Crippen LogP contribution in [0.15, 0.2) is 12.4 Å². The van der Waals surface area contributed by atoms with Gasteiger partial charge in [0.1, 0.15) is 0 Å². The molecule has 2 saturated carbocycles. The fourth-order valence-electron chi connectivity index (χ4n) is 3.99. The molecule has 0 atom stereocenters. The topological polar surface area (TPSA) is 38.0 Å². The monoisotopic (exact) mass is 248 g/mol. The van der Waals surface area contributed by atoms with Crippen LogP contribution in [-0.2, 0) is 13.5 Å². The molecule has 2 aliphatic rings. The first-order valence-corrected chi connectivity index (χ1v) is 7.29. The summed E-state index contributed by atoms with van der Waals surface area (Å²) in [5.41, 5.74) is 1.29. The molecule has 18 heavy (non-hydrogen) atoms. The van der Waals surface area contributed by atoms with Crippen molar-refractivity contribution in [1.29, 1.82) is 0 Å². The maximum Gasteiger partial charge on any atom is 0.0689 e. The molecule has 3 nitrogen and oxygen atoms in total. The summed E-state index contributed by atoms with van der Waals surface area (Å²) in [7, 11) is 1.93. The van der Waals surface area contributed by atoms with Crippen LogP contribution < -0.4 is 0 Å². The summed E-state index contributed by atoms with van der Waals surface area (Å²) in [4.78, 5) is 0. The van der Waals surface area contributed by atoms with Crippen molar-refractivity contribution in [3.63, 3.8) is 0 Å². The minimum atomic E-state index is -0.475. The smallest absolute Gasteiger partial charge is 0.0689 e. The Kier molecular flexibility index (Phi) is 2.97. The number of nitrogens with zero attached hydrogens (tertiary/aromatic N) is 2. The van der Waals surface area contributed by atoms with Gasteiger partial charge in [0.15, 0.2) is 0 Å². The summed E-state index contributed by atoms with van der Waals surface area (Å²) in [6.45, 7) is 0. The second kappa shape index (κ2) is 4.37. The first-order chi connectivity index (χ1) is 8.59. The minimum absolute atomic E-state index is 0.475. The number of hydrogen-bond acceptors (Lipinski definition) is 2. The van der Waals surface area contributed by atoms with E-state index in [0.29, 0.717) is 5.41 Å². The van der Waals surface area contributed by atoms with Crippen LogP contribution in [-0.4, -0.2) is 20.5 Å². The maximum absolute atomic E-state index is 10.7. The fraction of sp³-hybridized carbons (Fsp3) is 0.800. The van der Waals surface area contributed by atoms with Crippen LogP contribution in [0.5, 0.6) is 0 Å². The van der Waals surface area contributed by atoms with E-state index < -0.39 is 5.60 Å². The molecule has 1 aromatic heterocycles. The van der Waals surface area contributed by atoms with Crippen LogP contribution in [0.1, 0.15) is 56.9 Å². The molecular weight excluding hydrogens is 224 g/mol. The Morgan fingerprint density at radius 1 is 1.17 bits per heavy atom. The molecule has 0 aliphatic heterocycles. The summed E-state index contributed by atoms with van der Waals surface area (Å²) in [5.74, 6) is 0. The molecule has 3 rings (SSSR count). The molecule has 2 aliphatic carbocycles. The third-order valence-electron chi connectivity index (χ3n) is 5.20.